The van der Waals surface area contributed by atoms with Crippen molar-refractivity contribution < 1.29 is 4.74 Å². The van der Waals surface area contributed by atoms with Crippen molar-refractivity contribution in [2.45, 2.75) is 26.4 Å². The first-order valence-corrected chi connectivity index (χ1v) is 6.18. The number of nitrogens with zero attached hydrogens (tertiary/aromatic N) is 1. The van der Waals surface area contributed by atoms with Crippen molar-refractivity contribution in [1.82, 2.24) is 10.2 Å². The minimum atomic E-state index is 0.519. The number of likely N-dealkylation sites (N-methyl/N-ethyl adjacent to an activating group) is 1. The fraction of sp³-hybridized carbons (Fsp3) is 0.571. The Kier molecular flexibility index (Phi) is 6.01. The van der Waals surface area contributed by atoms with Crippen LogP contribution in [-0.2, 0) is 6.54 Å². The average Bonchev–Trinajstić information content (AvgIpc) is 2.27. The zero-order chi connectivity index (χ0) is 12.7. The summed E-state index contributed by atoms with van der Waals surface area (Å²) in [5.41, 5.74) is 1.29. The van der Waals surface area contributed by atoms with Gasteiger partial charge in [-0.2, -0.15) is 0 Å². The molecule has 3 nitrogen and oxygen atoms in total. The van der Waals surface area contributed by atoms with E-state index in [0.717, 1.165) is 25.4 Å². The van der Waals surface area contributed by atoms with E-state index in [2.05, 4.69) is 36.2 Å². The third-order valence-electron chi connectivity index (χ3n) is 2.45. The maximum Gasteiger partial charge on any atom is 0.119 e. The monoisotopic (exact) mass is 236 g/mol. The topological polar surface area (TPSA) is 24.5 Å². The third kappa shape index (κ3) is 6.29. The van der Waals surface area contributed by atoms with E-state index in [-0.39, 0.29) is 0 Å². The van der Waals surface area contributed by atoms with Crippen LogP contribution in [0.3, 0.4) is 0 Å². The molecule has 17 heavy (non-hydrogen) atoms. The van der Waals surface area contributed by atoms with Crippen molar-refractivity contribution >= 4 is 0 Å². The van der Waals surface area contributed by atoms with Crippen LogP contribution in [0.25, 0.3) is 0 Å². The van der Waals surface area contributed by atoms with Crippen molar-refractivity contribution in [3.05, 3.63) is 29.8 Å². The summed E-state index contributed by atoms with van der Waals surface area (Å²) in [5, 5.41) is 3.39. The van der Waals surface area contributed by atoms with Crippen LogP contribution in [0.15, 0.2) is 24.3 Å². The first-order chi connectivity index (χ1) is 8.08. The summed E-state index contributed by atoms with van der Waals surface area (Å²) in [4.78, 5) is 2.11. The second kappa shape index (κ2) is 7.30. The second-order valence-electron chi connectivity index (χ2n) is 4.83. The maximum atomic E-state index is 5.64. The van der Waals surface area contributed by atoms with Crippen LogP contribution in [0, 0.1) is 0 Å². The predicted molar refractivity (Wildman–Crippen MR) is 72.5 cm³/mol. The van der Waals surface area contributed by atoms with Gasteiger partial charge in [0.25, 0.3) is 0 Å². The van der Waals surface area contributed by atoms with Crippen molar-refractivity contribution in [2.24, 2.45) is 0 Å². The Hall–Kier alpha value is -1.06. The highest BCUT2D eigenvalue weighted by Gasteiger charge is 1.97. The lowest BCUT2D eigenvalue weighted by atomic mass is 10.2. The number of hydrogen-bond acceptors (Lipinski definition) is 3. The first kappa shape index (κ1) is 14.0. The standard InChI is InChI=1S/C14H24N2O/c1-12(2)15-11-13-5-7-14(8-6-13)17-10-9-16(3)4/h5-8,12,15H,9-11H2,1-4H3. The Morgan fingerprint density at radius 1 is 1.18 bits per heavy atom. The van der Waals surface area contributed by atoms with E-state index in [0.29, 0.717) is 6.04 Å². The van der Waals surface area contributed by atoms with Crippen LogP contribution in [0.2, 0.25) is 0 Å². The molecule has 0 atom stereocenters. The Morgan fingerprint density at radius 2 is 1.82 bits per heavy atom. The second-order valence-corrected chi connectivity index (χ2v) is 4.83. The van der Waals surface area contributed by atoms with Gasteiger partial charge in [-0.3, -0.25) is 0 Å². The molecule has 0 amide bonds. The lowest BCUT2D eigenvalue weighted by Gasteiger charge is -2.12. The van der Waals surface area contributed by atoms with E-state index in [9.17, 15) is 0 Å². The molecule has 0 aliphatic heterocycles. The van der Waals surface area contributed by atoms with Crippen LogP contribution >= 0.6 is 0 Å². The van der Waals surface area contributed by atoms with Gasteiger partial charge in [0.1, 0.15) is 12.4 Å². The lowest BCUT2D eigenvalue weighted by Crippen LogP contribution is -2.21. The van der Waals surface area contributed by atoms with Crippen LogP contribution in [0.1, 0.15) is 19.4 Å². The van der Waals surface area contributed by atoms with Crippen LogP contribution in [-0.4, -0.2) is 38.2 Å². The number of ether oxygens (including phenoxy) is 1. The van der Waals surface area contributed by atoms with E-state index in [1.165, 1.54) is 5.56 Å². The molecule has 0 unspecified atom stereocenters. The number of rotatable bonds is 7. The number of hydrogen-bond donors (Lipinski definition) is 1. The van der Waals surface area contributed by atoms with Crippen molar-refractivity contribution in [1.29, 1.82) is 0 Å². The quantitative estimate of drug-likeness (QED) is 0.785. The van der Waals surface area contributed by atoms with E-state index in [1.54, 1.807) is 0 Å². The van der Waals surface area contributed by atoms with Gasteiger partial charge in [0.05, 0.1) is 0 Å². The Labute approximate surface area is 105 Å². The molecule has 0 aliphatic rings. The lowest BCUT2D eigenvalue weighted by molar-refractivity contribution is 0.261. The Morgan fingerprint density at radius 3 is 2.35 bits per heavy atom. The van der Waals surface area contributed by atoms with Gasteiger partial charge in [-0.15, -0.1) is 0 Å². The Bertz CT molecular complexity index is 307. The van der Waals surface area contributed by atoms with Crippen LogP contribution < -0.4 is 10.1 Å². The van der Waals surface area contributed by atoms with Crippen molar-refractivity contribution in [3.63, 3.8) is 0 Å². The summed E-state index contributed by atoms with van der Waals surface area (Å²) in [6, 6.07) is 8.81. The molecule has 0 saturated carbocycles. The van der Waals surface area contributed by atoms with Gasteiger partial charge in [0, 0.05) is 19.1 Å². The molecular weight excluding hydrogens is 212 g/mol. The summed E-state index contributed by atoms with van der Waals surface area (Å²) in [6.07, 6.45) is 0. The van der Waals surface area contributed by atoms with Gasteiger partial charge >= 0.3 is 0 Å². The van der Waals surface area contributed by atoms with Gasteiger partial charge in [0.15, 0.2) is 0 Å². The first-order valence-electron chi connectivity index (χ1n) is 6.18. The predicted octanol–water partition coefficient (Wildman–Crippen LogP) is 2.12. The molecule has 3 heteroatoms. The zero-order valence-corrected chi connectivity index (χ0v) is 11.4. The van der Waals surface area contributed by atoms with E-state index >= 15 is 0 Å². The van der Waals surface area contributed by atoms with Crippen LogP contribution in [0.4, 0.5) is 0 Å². The Balaban J connectivity index is 2.34. The number of nitrogens with one attached hydrogen (secondary N) is 1. The van der Waals surface area contributed by atoms with E-state index < -0.39 is 0 Å². The summed E-state index contributed by atoms with van der Waals surface area (Å²) < 4.78 is 5.64. The molecule has 96 valence electrons. The van der Waals surface area contributed by atoms with Gasteiger partial charge in [-0.25, -0.2) is 0 Å². The summed E-state index contributed by atoms with van der Waals surface area (Å²) in [5.74, 6) is 0.945. The molecule has 0 heterocycles. The van der Waals surface area contributed by atoms with Gasteiger partial charge in [-0.1, -0.05) is 26.0 Å². The molecule has 0 saturated heterocycles. The van der Waals surface area contributed by atoms with Gasteiger partial charge in [-0.05, 0) is 31.8 Å². The van der Waals surface area contributed by atoms with E-state index in [4.69, 9.17) is 4.74 Å². The molecule has 1 aromatic rings. The van der Waals surface area contributed by atoms with Gasteiger partial charge < -0.3 is 15.0 Å². The molecule has 1 aromatic carbocycles. The molecular formula is C14H24N2O. The molecule has 0 radical (unpaired) electrons. The van der Waals surface area contributed by atoms with E-state index in [1.807, 2.05) is 26.2 Å². The fourth-order valence-corrected chi connectivity index (χ4v) is 1.37. The molecule has 0 aromatic heterocycles. The molecule has 0 spiro atoms. The minimum Gasteiger partial charge on any atom is -0.492 e. The number of benzene rings is 1. The highest BCUT2D eigenvalue weighted by molar-refractivity contribution is 5.27. The normalized spacial score (nSPS) is 11.2. The SMILES string of the molecule is CC(C)NCc1ccc(OCCN(C)C)cc1. The fourth-order valence-electron chi connectivity index (χ4n) is 1.37. The van der Waals surface area contributed by atoms with Crippen LogP contribution in [0.5, 0.6) is 5.75 Å². The zero-order valence-electron chi connectivity index (χ0n) is 11.4. The minimum absolute atomic E-state index is 0.519. The maximum absolute atomic E-state index is 5.64. The summed E-state index contributed by atoms with van der Waals surface area (Å²) in [6.45, 7) is 6.89. The largest absolute Gasteiger partial charge is 0.492 e. The summed E-state index contributed by atoms with van der Waals surface area (Å²) >= 11 is 0. The van der Waals surface area contributed by atoms with Crippen molar-refractivity contribution in [3.8, 4) is 5.75 Å². The molecule has 0 fully saturated rings. The van der Waals surface area contributed by atoms with Gasteiger partial charge in [0.2, 0.25) is 0 Å². The molecule has 1 N–H and O–H groups in total. The highest BCUT2D eigenvalue weighted by atomic mass is 16.5. The highest BCUT2D eigenvalue weighted by Crippen LogP contribution is 2.12. The molecule has 0 bridgehead atoms. The third-order valence-corrected chi connectivity index (χ3v) is 2.45. The smallest absolute Gasteiger partial charge is 0.119 e. The average molecular weight is 236 g/mol. The molecule has 0 aliphatic carbocycles. The van der Waals surface area contributed by atoms with Crippen molar-refractivity contribution in [2.75, 3.05) is 27.2 Å². The molecule has 1 rings (SSSR count). The summed E-state index contributed by atoms with van der Waals surface area (Å²) in [7, 11) is 4.09.